The molecule has 0 amide bonds. The van der Waals surface area contributed by atoms with Crippen LogP contribution in [0.5, 0.6) is 5.75 Å². The first-order valence-corrected chi connectivity index (χ1v) is 10.4. The highest BCUT2D eigenvalue weighted by Gasteiger charge is 2.09. The molecule has 0 atom stereocenters. The number of benzene rings is 1. The molecule has 9 nitrogen and oxygen atoms in total. The van der Waals surface area contributed by atoms with E-state index in [1.165, 1.54) is 0 Å². The minimum atomic E-state index is 0.522. The van der Waals surface area contributed by atoms with Crippen molar-refractivity contribution in [1.29, 1.82) is 0 Å². The molecular weight excluding hydrogens is 396 g/mol. The van der Waals surface area contributed by atoms with Gasteiger partial charge in [0.1, 0.15) is 18.2 Å². The number of rotatable bonds is 11. The van der Waals surface area contributed by atoms with E-state index >= 15 is 0 Å². The predicted octanol–water partition coefficient (Wildman–Crippen LogP) is 2.70. The van der Waals surface area contributed by atoms with E-state index in [9.17, 15) is 0 Å². The Morgan fingerprint density at radius 1 is 1.23 bits per heavy atom. The van der Waals surface area contributed by atoms with E-state index in [2.05, 4.69) is 42.9 Å². The lowest BCUT2D eigenvalue weighted by Crippen LogP contribution is -2.38. The molecule has 0 saturated heterocycles. The second kappa shape index (κ2) is 11.8. The topological polar surface area (TPSA) is 110 Å². The molecule has 0 aliphatic rings. The molecule has 31 heavy (non-hydrogen) atoms. The number of ether oxygens (including phenoxy) is 2. The first kappa shape index (κ1) is 22.4. The van der Waals surface area contributed by atoms with Gasteiger partial charge in [0.15, 0.2) is 11.7 Å². The maximum atomic E-state index is 5.91. The Morgan fingerprint density at radius 2 is 2.13 bits per heavy atom. The fourth-order valence-electron chi connectivity index (χ4n) is 2.92. The maximum Gasteiger partial charge on any atom is 0.216 e. The van der Waals surface area contributed by atoms with Gasteiger partial charge < -0.3 is 24.5 Å². The van der Waals surface area contributed by atoms with Gasteiger partial charge in [0.05, 0.1) is 12.9 Å². The minimum absolute atomic E-state index is 0.522. The van der Waals surface area contributed by atoms with Crippen LogP contribution in [-0.2, 0) is 17.7 Å². The molecule has 0 bridgehead atoms. The number of hydrogen-bond donors (Lipinski definition) is 3. The van der Waals surface area contributed by atoms with Gasteiger partial charge in [0, 0.05) is 38.7 Å². The zero-order valence-electron chi connectivity index (χ0n) is 18.3. The molecule has 3 aromatic rings. The number of aromatic nitrogens is 3. The summed E-state index contributed by atoms with van der Waals surface area (Å²) in [4.78, 5) is 8.73. The summed E-state index contributed by atoms with van der Waals surface area (Å²) < 4.78 is 16.6. The largest absolute Gasteiger partial charge is 0.491 e. The standard InChI is InChI=1S/C22H30N6O3/c1-4-29-12-13-31-19-14-16(2)7-8-17(19)15-25-22(23-3)24-10-9-20-26-21(28-27-20)18-6-5-11-30-18/h5-8,11,14H,4,9-10,12-13,15H2,1-3H3,(H2,23,24,25)(H,26,27,28). The lowest BCUT2D eigenvalue weighted by Gasteiger charge is -2.15. The fraction of sp³-hybridized carbons (Fsp3) is 0.409. The number of hydrogen-bond acceptors (Lipinski definition) is 6. The van der Waals surface area contributed by atoms with Crippen molar-refractivity contribution < 1.29 is 13.9 Å². The molecule has 0 spiro atoms. The first-order valence-electron chi connectivity index (χ1n) is 10.4. The molecule has 0 radical (unpaired) electrons. The number of nitrogens with zero attached hydrogens (tertiary/aromatic N) is 3. The smallest absolute Gasteiger partial charge is 0.216 e. The summed E-state index contributed by atoms with van der Waals surface area (Å²) in [5.41, 5.74) is 2.21. The molecule has 166 valence electrons. The van der Waals surface area contributed by atoms with Crippen LogP contribution in [0.25, 0.3) is 11.6 Å². The number of aryl methyl sites for hydroxylation is 1. The highest BCUT2D eigenvalue weighted by molar-refractivity contribution is 5.79. The highest BCUT2D eigenvalue weighted by Crippen LogP contribution is 2.20. The lowest BCUT2D eigenvalue weighted by molar-refractivity contribution is 0.110. The monoisotopic (exact) mass is 426 g/mol. The summed E-state index contributed by atoms with van der Waals surface area (Å²) in [5.74, 6) is 3.53. The number of furan rings is 1. The van der Waals surface area contributed by atoms with Crippen LogP contribution >= 0.6 is 0 Å². The minimum Gasteiger partial charge on any atom is -0.491 e. The third-order valence-electron chi connectivity index (χ3n) is 4.51. The fourth-order valence-corrected chi connectivity index (χ4v) is 2.92. The molecule has 0 unspecified atom stereocenters. The van der Waals surface area contributed by atoms with Gasteiger partial charge in [-0.1, -0.05) is 12.1 Å². The van der Waals surface area contributed by atoms with Crippen LogP contribution in [0.2, 0.25) is 0 Å². The number of guanidine groups is 1. The van der Waals surface area contributed by atoms with Gasteiger partial charge in [-0.15, -0.1) is 0 Å². The van der Waals surface area contributed by atoms with Crippen molar-refractivity contribution in [2.45, 2.75) is 26.8 Å². The summed E-state index contributed by atoms with van der Waals surface area (Å²) in [5, 5.41) is 13.7. The second-order valence-electron chi connectivity index (χ2n) is 6.84. The van der Waals surface area contributed by atoms with Gasteiger partial charge in [-0.25, -0.2) is 4.98 Å². The quantitative estimate of drug-likeness (QED) is 0.246. The first-order chi connectivity index (χ1) is 15.2. The Balaban J connectivity index is 1.47. The Kier molecular flexibility index (Phi) is 8.48. The van der Waals surface area contributed by atoms with Crippen molar-refractivity contribution in [2.24, 2.45) is 4.99 Å². The molecule has 1 aromatic carbocycles. The number of aliphatic imine (C=N–C) groups is 1. The van der Waals surface area contributed by atoms with Crippen molar-refractivity contribution >= 4 is 5.96 Å². The van der Waals surface area contributed by atoms with Crippen LogP contribution in [0, 0.1) is 6.92 Å². The van der Waals surface area contributed by atoms with Crippen LogP contribution < -0.4 is 15.4 Å². The van der Waals surface area contributed by atoms with Gasteiger partial charge >= 0.3 is 0 Å². The Labute approximate surface area is 182 Å². The van der Waals surface area contributed by atoms with E-state index < -0.39 is 0 Å². The van der Waals surface area contributed by atoms with E-state index in [1.807, 2.05) is 32.0 Å². The van der Waals surface area contributed by atoms with Gasteiger partial charge in [-0.2, -0.15) is 5.10 Å². The molecule has 0 fully saturated rings. The van der Waals surface area contributed by atoms with Gasteiger partial charge in [0.25, 0.3) is 0 Å². The summed E-state index contributed by atoms with van der Waals surface area (Å²) in [6, 6.07) is 9.82. The molecular formula is C22H30N6O3. The summed E-state index contributed by atoms with van der Waals surface area (Å²) in [7, 11) is 1.74. The van der Waals surface area contributed by atoms with E-state index in [4.69, 9.17) is 13.9 Å². The summed E-state index contributed by atoms with van der Waals surface area (Å²) in [6.07, 6.45) is 2.27. The van der Waals surface area contributed by atoms with Crippen molar-refractivity contribution in [3.8, 4) is 17.3 Å². The third kappa shape index (κ3) is 6.85. The van der Waals surface area contributed by atoms with E-state index in [-0.39, 0.29) is 0 Å². The molecule has 2 heterocycles. The molecule has 0 aliphatic heterocycles. The van der Waals surface area contributed by atoms with E-state index in [1.54, 1.807) is 13.3 Å². The maximum absolute atomic E-state index is 5.91. The Morgan fingerprint density at radius 3 is 2.90 bits per heavy atom. The van der Waals surface area contributed by atoms with Crippen molar-refractivity contribution in [2.75, 3.05) is 33.4 Å². The molecule has 2 aromatic heterocycles. The number of nitrogens with one attached hydrogen (secondary N) is 3. The van der Waals surface area contributed by atoms with Crippen molar-refractivity contribution in [3.63, 3.8) is 0 Å². The molecule has 3 N–H and O–H groups in total. The molecule has 9 heteroatoms. The van der Waals surface area contributed by atoms with Gasteiger partial charge in [0.2, 0.25) is 5.82 Å². The summed E-state index contributed by atoms with van der Waals surface area (Å²) >= 11 is 0. The molecule has 3 rings (SSSR count). The summed E-state index contributed by atoms with van der Waals surface area (Å²) in [6.45, 7) is 7.05. The van der Waals surface area contributed by atoms with Crippen LogP contribution in [-0.4, -0.2) is 54.6 Å². The van der Waals surface area contributed by atoms with Crippen LogP contribution in [0.4, 0.5) is 0 Å². The number of aromatic amines is 1. The molecule has 0 saturated carbocycles. The predicted molar refractivity (Wildman–Crippen MR) is 119 cm³/mol. The van der Waals surface area contributed by atoms with E-state index in [0.29, 0.717) is 56.9 Å². The van der Waals surface area contributed by atoms with Crippen LogP contribution in [0.1, 0.15) is 23.9 Å². The zero-order chi connectivity index (χ0) is 21.9. The van der Waals surface area contributed by atoms with Crippen molar-refractivity contribution in [1.82, 2.24) is 25.8 Å². The van der Waals surface area contributed by atoms with Crippen LogP contribution in [0.15, 0.2) is 46.0 Å². The van der Waals surface area contributed by atoms with Gasteiger partial charge in [-0.05, 0) is 37.6 Å². The van der Waals surface area contributed by atoms with E-state index in [0.717, 1.165) is 22.7 Å². The SMILES string of the molecule is CCOCCOc1cc(C)ccc1CNC(=NC)NCCc1nc(-c2ccco2)n[nH]1. The average Bonchev–Trinajstić information content (AvgIpc) is 3.46. The average molecular weight is 427 g/mol. The van der Waals surface area contributed by atoms with Crippen LogP contribution in [0.3, 0.4) is 0 Å². The third-order valence-corrected chi connectivity index (χ3v) is 4.51. The van der Waals surface area contributed by atoms with Gasteiger partial charge in [-0.3, -0.25) is 10.1 Å². The second-order valence-corrected chi connectivity index (χ2v) is 6.84. The zero-order valence-corrected chi connectivity index (χ0v) is 18.3. The molecule has 0 aliphatic carbocycles. The Bertz CT molecular complexity index is 952. The Hall–Kier alpha value is -3.33. The highest BCUT2D eigenvalue weighted by atomic mass is 16.5. The number of H-pyrrole nitrogens is 1. The normalized spacial score (nSPS) is 11.5. The van der Waals surface area contributed by atoms with Crippen molar-refractivity contribution in [3.05, 3.63) is 53.5 Å². The lowest BCUT2D eigenvalue weighted by atomic mass is 10.1.